The van der Waals surface area contributed by atoms with Gasteiger partial charge in [0.15, 0.2) is 0 Å². The van der Waals surface area contributed by atoms with E-state index < -0.39 is 16.3 Å². The summed E-state index contributed by atoms with van der Waals surface area (Å²) in [5, 5.41) is 9.65. The number of rotatable bonds is 6. The zero-order valence-electron chi connectivity index (χ0n) is 10.1. The molecule has 1 aromatic heterocycles. The molecule has 98 valence electrons. The van der Waals surface area contributed by atoms with E-state index in [1.54, 1.807) is 26.0 Å². The van der Waals surface area contributed by atoms with Crippen molar-refractivity contribution in [2.75, 3.05) is 13.6 Å². The van der Waals surface area contributed by atoms with Gasteiger partial charge in [-0.25, -0.2) is 0 Å². The smallest absolute Gasteiger partial charge is 0.279 e. The van der Waals surface area contributed by atoms with Crippen LogP contribution in [-0.4, -0.2) is 37.5 Å². The molecule has 1 rings (SSSR count). The van der Waals surface area contributed by atoms with Gasteiger partial charge in [0.2, 0.25) is 0 Å². The van der Waals surface area contributed by atoms with E-state index in [0.29, 0.717) is 5.76 Å². The third-order valence-electron chi connectivity index (χ3n) is 2.44. The van der Waals surface area contributed by atoms with E-state index in [-0.39, 0.29) is 12.6 Å². The summed E-state index contributed by atoms with van der Waals surface area (Å²) >= 11 is 0. The topological polar surface area (TPSA) is 82.8 Å². The van der Waals surface area contributed by atoms with Crippen LogP contribution in [0.15, 0.2) is 22.8 Å². The first-order chi connectivity index (χ1) is 7.84. The Bertz CT molecular complexity index is 427. The lowest BCUT2D eigenvalue weighted by molar-refractivity contribution is 0.153. The van der Waals surface area contributed by atoms with Gasteiger partial charge in [-0.05, 0) is 26.0 Å². The molecule has 0 radical (unpaired) electrons. The maximum atomic E-state index is 11.7. The number of hydrogen-bond donors (Lipinski definition) is 2. The molecule has 17 heavy (non-hydrogen) atoms. The minimum Gasteiger partial charge on any atom is -0.467 e. The molecule has 0 spiro atoms. The fourth-order valence-electron chi connectivity index (χ4n) is 1.15. The first kappa shape index (κ1) is 14.2. The highest BCUT2D eigenvalue weighted by Crippen LogP contribution is 2.12. The number of aliphatic hydroxyl groups excluding tert-OH is 1. The summed E-state index contributed by atoms with van der Waals surface area (Å²) < 4.78 is 31.9. The molecular weight excluding hydrogens is 244 g/mol. The first-order valence-corrected chi connectivity index (χ1v) is 6.72. The van der Waals surface area contributed by atoms with Crippen LogP contribution in [0, 0.1) is 0 Å². The maximum Gasteiger partial charge on any atom is 0.279 e. The van der Waals surface area contributed by atoms with E-state index in [4.69, 9.17) is 4.42 Å². The molecule has 7 heteroatoms. The van der Waals surface area contributed by atoms with E-state index >= 15 is 0 Å². The van der Waals surface area contributed by atoms with Gasteiger partial charge in [0.05, 0.1) is 6.26 Å². The van der Waals surface area contributed by atoms with E-state index in [2.05, 4.69) is 4.72 Å². The number of hydrogen-bond acceptors (Lipinski definition) is 4. The summed E-state index contributed by atoms with van der Waals surface area (Å²) in [6, 6.07) is 3.08. The average molecular weight is 262 g/mol. The molecule has 0 saturated carbocycles. The van der Waals surface area contributed by atoms with Crippen LogP contribution in [0.25, 0.3) is 0 Å². The van der Waals surface area contributed by atoms with Gasteiger partial charge >= 0.3 is 0 Å². The van der Waals surface area contributed by atoms with Gasteiger partial charge < -0.3 is 9.52 Å². The third-order valence-corrected chi connectivity index (χ3v) is 4.15. The molecule has 0 fully saturated rings. The minimum absolute atomic E-state index is 0.118. The van der Waals surface area contributed by atoms with Crippen molar-refractivity contribution in [2.24, 2.45) is 0 Å². The second kappa shape index (κ2) is 5.63. The van der Waals surface area contributed by atoms with Gasteiger partial charge in [0.1, 0.15) is 11.9 Å². The Morgan fingerprint density at radius 3 is 2.65 bits per heavy atom. The molecule has 0 amide bonds. The van der Waals surface area contributed by atoms with E-state index in [9.17, 15) is 13.5 Å². The van der Waals surface area contributed by atoms with Crippen LogP contribution in [0.4, 0.5) is 0 Å². The minimum atomic E-state index is -3.56. The quantitative estimate of drug-likeness (QED) is 0.781. The summed E-state index contributed by atoms with van der Waals surface area (Å²) in [7, 11) is -2.09. The summed E-state index contributed by atoms with van der Waals surface area (Å²) in [6.07, 6.45) is 0.438. The molecule has 2 N–H and O–H groups in total. The molecule has 1 aromatic rings. The van der Waals surface area contributed by atoms with Crippen molar-refractivity contribution >= 4 is 10.2 Å². The maximum absolute atomic E-state index is 11.7. The van der Waals surface area contributed by atoms with Gasteiger partial charge in [-0.3, -0.25) is 0 Å². The molecule has 0 aromatic carbocycles. The summed E-state index contributed by atoms with van der Waals surface area (Å²) in [4.78, 5) is 0. The predicted molar refractivity (Wildman–Crippen MR) is 63.5 cm³/mol. The highest BCUT2D eigenvalue weighted by atomic mass is 32.2. The molecule has 0 aliphatic carbocycles. The van der Waals surface area contributed by atoms with Crippen molar-refractivity contribution in [3.8, 4) is 0 Å². The molecule has 0 aliphatic heterocycles. The van der Waals surface area contributed by atoms with Gasteiger partial charge in [-0.15, -0.1) is 0 Å². The number of nitrogens with one attached hydrogen (secondary N) is 1. The van der Waals surface area contributed by atoms with Gasteiger partial charge in [-0.1, -0.05) is 0 Å². The Balaban J connectivity index is 2.56. The molecule has 0 aliphatic rings. The highest BCUT2D eigenvalue weighted by molar-refractivity contribution is 7.87. The Morgan fingerprint density at radius 1 is 1.53 bits per heavy atom. The third kappa shape index (κ3) is 3.81. The fourth-order valence-corrected chi connectivity index (χ4v) is 2.27. The monoisotopic (exact) mass is 262 g/mol. The summed E-state index contributed by atoms with van der Waals surface area (Å²) in [6.45, 7) is 3.41. The normalized spacial score (nSPS) is 14.5. The summed E-state index contributed by atoms with van der Waals surface area (Å²) in [5.74, 6) is 0.333. The molecular formula is C10H18N2O4S. The van der Waals surface area contributed by atoms with Crippen molar-refractivity contribution < 1.29 is 17.9 Å². The van der Waals surface area contributed by atoms with Crippen molar-refractivity contribution in [2.45, 2.75) is 26.0 Å². The molecule has 0 saturated heterocycles. The number of nitrogens with zero attached hydrogens (tertiary/aromatic N) is 1. The van der Waals surface area contributed by atoms with Crippen LogP contribution in [-0.2, 0) is 10.2 Å². The average Bonchev–Trinajstić information content (AvgIpc) is 2.78. The van der Waals surface area contributed by atoms with E-state index in [1.807, 2.05) is 0 Å². The molecule has 1 atom stereocenters. The van der Waals surface area contributed by atoms with Crippen LogP contribution in [0.2, 0.25) is 0 Å². The van der Waals surface area contributed by atoms with Crippen LogP contribution in [0.1, 0.15) is 25.7 Å². The summed E-state index contributed by atoms with van der Waals surface area (Å²) in [5.41, 5.74) is 0. The molecule has 1 unspecified atom stereocenters. The fraction of sp³-hybridized carbons (Fsp3) is 0.600. The second-order valence-corrected chi connectivity index (χ2v) is 5.81. The lowest BCUT2D eigenvalue weighted by Gasteiger charge is -2.21. The standard InChI is InChI=1S/C10H18N2O4S/c1-8(2)12(3)17(14,15)11-7-9(13)10-5-4-6-16-10/h4-6,8-9,11,13H,7H2,1-3H3. The number of furan rings is 1. The van der Waals surface area contributed by atoms with Gasteiger partial charge in [-0.2, -0.15) is 17.4 Å². The lowest BCUT2D eigenvalue weighted by atomic mass is 10.3. The lowest BCUT2D eigenvalue weighted by Crippen LogP contribution is -2.43. The number of aliphatic hydroxyl groups is 1. The largest absolute Gasteiger partial charge is 0.467 e. The van der Waals surface area contributed by atoms with Crippen LogP contribution in [0.5, 0.6) is 0 Å². The van der Waals surface area contributed by atoms with E-state index in [1.165, 1.54) is 17.6 Å². The van der Waals surface area contributed by atoms with Crippen molar-refractivity contribution in [1.82, 2.24) is 9.03 Å². The Labute approximate surface area is 101 Å². The van der Waals surface area contributed by atoms with Crippen LogP contribution < -0.4 is 4.72 Å². The van der Waals surface area contributed by atoms with Crippen LogP contribution in [0.3, 0.4) is 0 Å². The Morgan fingerprint density at radius 2 is 2.18 bits per heavy atom. The van der Waals surface area contributed by atoms with Crippen LogP contribution >= 0.6 is 0 Å². The zero-order valence-corrected chi connectivity index (χ0v) is 10.9. The Kier molecular flexibility index (Phi) is 4.70. The first-order valence-electron chi connectivity index (χ1n) is 5.28. The van der Waals surface area contributed by atoms with E-state index in [0.717, 1.165) is 0 Å². The molecule has 6 nitrogen and oxygen atoms in total. The van der Waals surface area contributed by atoms with Gasteiger partial charge in [0.25, 0.3) is 10.2 Å². The van der Waals surface area contributed by atoms with Crippen molar-refractivity contribution in [3.63, 3.8) is 0 Å². The Hall–Kier alpha value is -0.890. The predicted octanol–water partition coefficient (Wildman–Crippen LogP) is 0.488. The highest BCUT2D eigenvalue weighted by Gasteiger charge is 2.22. The van der Waals surface area contributed by atoms with Crippen molar-refractivity contribution in [1.29, 1.82) is 0 Å². The van der Waals surface area contributed by atoms with Gasteiger partial charge in [0, 0.05) is 19.6 Å². The molecule has 1 heterocycles. The zero-order chi connectivity index (χ0) is 13.1. The SMILES string of the molecule is CC(C)N(C)S(=O)(=O)NCC(O)c1ccco1. The second-order valence-electron chi connectivity index (χ2n) is 3.99. The van der Waals surface area contributed by atoms with Crippen molar-refractivity contribution in [3.05, 3.63) is 24.2 Å². The molecule has 0 bridgehead atoms.